The third-order valence-corrected chi connectivity index (χ3v) is 8.55. The van der Waals surface area contributed by atoms with Crippen LogP contribution in [0.1, 0.15) is 21.2 Å². The Morgan fingerprint density at radius 2 is 1.68 bits per heavy atom. The zero-order valence-electron chi connectivity index (χ0n) is 21.6. The minimum Gasteiger partial charge on any atom is -0.497 e. The summed E-state index contributed by atoms with van der Waals surface area (Å²) in [4.78, 5) is 31.6. The fraction of sp³-hybridized carbons (Fsp3) is 0.0645. The number of methoxy groups -OCH3 is 1. The molecule has 0 spiro atoms. The maximum absolute atomic E-state index is 13.5. The number of thioether (sulfide) groups is 1. The molecular formula is C31H23Cl2N3O3S2. The second kappa shape index (κ2) is 13.2. The van der Waals surface area contributed by atoms with Crippen molar-refractivity contribution in [2.75, 3.05) is 17.7 Å². The summed E-state index contributed by atoms with van der Waals surface area (Å²) in [5.74, 6) is 0.158. The van der Waals surface area contributed by atoms with Crippen LogP contribution in [0.4, 0.5) is 10.8 Å². The van der Waals surface area contributed by atoms with Gasteiger partial charge in [0.1, 0.15) is 11.0 Å². The Bertz CT molecular complexity index is 1680. The number of hydrogen-bond acceptors (Lipinski definition) is 6. The molecule has 1 unspecified atom stereocenters. The highest BCUT2D eigenvalue weighted by atomic mass is 35.5. The van der Waals surface area contributed by atoms with Crippen molar-refractivity contribution in [3.63, 3.8) is 0 Å². The summed E-state index contributed by atoms with van der Waals surface area (Å²) in [6, 6.07) is 29.1. The van der Waals surface area contributed by atoms with Gasteiger partial charge in [0.15, 0.2) is 5.13 Å². The molecule has 1 heterocycles. The molecule has 0 fully saturated rings. The third kappa shape index (κ3) is 7.28. The van der Waals surface area contributed by atoms with Crippen molar-refractivity contribution in [1.82, 2.24) is 4.98 Å². The number of rotatable bonds is 9. The summed E-state index contributed by atoms with van der Waals surface area (Å²) >= 11 is 15.1. The Hall–Kier alpha value is -3.82. The van der Waals surface area contributed by atoms with Crippen LogP contribution in [0.25, 0.3) is 11.3 Å². The lowest BCUT2D eigenvalue weighted by atomic mass is 10.1. The van der Waals surface area contributed by atoms with E-state index in [1.165, 1.54) is 23.1 Å². The number of carbonyl (C=O) groups is 2. The molecule has 0 aliphatic heterocycles. The van der Waals surface area contributed by atoms with E-state index in [0.29, 0.717) is 37.9 Å². The lowest BCUT2D eigenvalue weighted by molar-refractivity contribution is -0.115. The van der Waals surface area contributed by atoms with Crippen LogP contribution in [0.5, 0.6) is 5.75 Å². The van der Waals surface area contributed by atoms with Gasteiger partial charge in [-0.25, -0.2) is 4.98 Å². The van der Waals surface area contributed by atoms with Crippen LogP contribution in [-0.2, 0) is 4.79 Å². The van der Waals surface area contributed by atoms with Gasteiger partial charge in [0, 0.05) is 32.1 Å². The molecule has 4 aromatic carbocycles. The zero-order valence-corrected chi connectivity index (χ0v) is 24.8. The first-order chi connectivity index (χ1) is 19.9. The fourth-order valence-electron chi connectivity index (χ4n) is 3.94. The van der Waals surface area contributed by atoms with Crippen LogP contribution in [0, 0.1) is 0 Å². The Balaban J connectivity index is 1.30. The minimum atomic E-state index is -0.542. The van der Waals surface area contributed by atoms with Gasteiger partial charge in [-0.05, 0) is 66.2 Å². The summed E-state index contributed by atoms with van der Waals surface area (Å²) in [5, 5.41) is 8.64. The van der Waals surface area contributed by atoms with Gasteiger partial charge < -0.3 is 15.4 Å². The Labute approximate surface area is 255 Å². The van der Waals surface area contributed by atoms with Gasteiger partial charge in [-0.15, -0.1) is 23.1 Å². The molecule has 0 saturated carbocycles. The van der Waals surface area contributed by atoms with Crippen LogP contribution in [-0.4, -0.2) is 23.9 Å². The van der Waals surface area contributed by atoms with Gasteiger partial charge >= 0.3 is 0 Å². The van der Waals surface area contributed by atoms with Gasteiger partial charge in [-0.1, -0.05) is 59.6 Å². The van der Waals surface area contributed by atoms with Crippen LogP contribution in [0.15, 0.2) is 107 Å². The maximum atomic E-state index is 13.5. The average molecular weight is 621 g/mol. The van der Waals surface area contributed by atoms with E-state index in [1.54, 1.807) is 49.6 Å². The van der Waals surface area contributed by atoms with Gasteiger partial charge in [-0.3, -0.25) is 9.59 Å². The monoisotopic (exact) mass is 619 g/mol. The van der Waals surface area contributed by atoms with E-state index >= 15 is 0 Å². The van der Waals surface area contributed by atoms with Crippen molar-refractivity contribution in [2.45, 2.75) is 10.1 Å². The van der Waals surface area contributed by atoms with E-state index in [2.05, 4.69) is 15.6 Å². The molecular weight excluding hydrogens is 597 g/mol. The quantitative estimate of drug-likeness (QED) is 0.161. The van der Waals surface area contributed by atoms with Gasteiger partial charge in [0.05, 0.1) is 17.8 Å². The first kappa shape index (κ1) is 28.7. The molecule has 6 nitrogen and oxygen atoms in total. The highest BCUT2D eigenvalue weighted by Crippen LogP contribution is 2.38. The van der Waals surface area contributed by atoms with E-state index < -0.39 is 5.25 Å². The summed E-state index contributed by atoms with van der Waals surface area (Å²) in [6.07, 6.45) is 0. The number of carbonyl (C=O) groups excluding carboxylic acids is 2. The molecule has 2 amide bonds. The van der Waals surface area contributed by atoms with Crippen LogP contribution in [0.3, 0.4) is 0 Å². The third-order valence-electron chi connectivity index (χ3n) is 5.98. The zero-order chi connectivity index (χ0) is 28.8. The Kier molecular flexibility index (Phi) is 9.26. The number of nitrogens with zero attached hydrogens (tertiary/aromatic N) is 1. The molecule has 10 heteroatoms. The fourth-order valence-corrected chi connectivity index (χ4v) is 6.19. The summed E-state index contributed by atoms with van der Waals surface area (Å²) in [5.41, 5.74) is 3.37. The van der Waals surface area contributed by atoms with Crippen molar-refractivity contribution < 1.29 is 14.3 Å². The second-order valence-electron chi connectivity index (χ2n) is 8.77. The molecule has 0 bridgehead atoms. The minimum absolute atomic E-state index is 0.209. The van der Waals surface area contributed by atoms with E-state index in [1.807, 2.05) is 60.0 Å². The predicted molar refractivity (Wildman–Crippen MR) is 169 cm³/mol. The van der Waals surface area contributed by atoms with Gasteiger partial charge in [0.2, 0.25) is 5.91 Å². The summed E-state index contributed by atoms with van der Waals surface area (Å²) in [7, 11) is 1.56. The van der Waals surface area contributed by atoms with Crippen LogP contribution < -0.4 is 15.4 Å². The topological polar surface area (TPSA) is 80.3 Å². The number of benzene rings is 4. The van der Waals surface area contributed by atoms with Crippen molar-refractivity contribution >= 4 is 68.9 Å². The van der Waals surface area contributed by atoms with Gasteiger partial charge in [-0.2, -0.15) is 0 Å². The SMILES string of the molecule is COc1cccc(C(=O)Nc2ccc(SC(C(=O)Nc3nc(-c4ccc(Cl)cc4Cl)cs3)c3ccccc3)cc2)c1. The van der Waals surface area contributed by atoms with Crippen molar-refractivity contribution in [2.24, 2.45) is 0 Å². The molecule has 5 rings (SSSR count). The number of hydrogen-bond donors (Lipinski definition) is 2. The molecule has 41 heavy (non-hydrogen) atoms. The highest BCUT2D eigenvalue weighted by Gasteiger charge is 2.23. The highest BCUT2D eigenvalue weighted by molar-refractivity contribution is 8.00. The number of halogens is 2. The molecule has 2 N–H and O–H groups in total. The normalized spacial score (nSPS) is 11.5. The molecule has 0 saturated heterocycles. The molecule has 0 aliphatic rings. The van der Waals surface area contributed by atoms with E-state index in [9.17, 15) is 9.59 Å². The number of ether oxygens (including phenoxy) is 1. The Morgan fingerprint density at radius 1 is 0.902 bits per heavy atom. The smallest absolute Gasteiger partial charge is 0.255 e. The molecule has 1 aromatic heterocycles. The maximum Gasteiger partial charge on any atom is 0.255 e. The predicted octanol–water partition coefficient (Wildman–Crippen LogP) is 8.85. The van der Waals surface area contributed by atoms with Crippen LogP contribution in [0.2, 0.25) is 10.0 Å². The second-order valence-corrected chi connectivity index (χ2v) is 11.7. The summed E-state index contributed by atoms with van der Waals surface area (Å²) in [6.45, 7) is 0. The lowest BCUT2D eigenvalue weighted by Gasteiger charge is -2.16. The largest absolute Gasteiger partial charge is 0.497 e. The summed E-state index contributed by atoms with van der Waals surface area (Å²) < 4.78 is 5.20. The molecule has 0 aliphatic carbocycles. The van der Waals surface area contributed by atoms with Gasteiger partial charge in [0.25, 0.3) is 5.91 Å². The first-order valence-corrected chi connectivity index (χ1v) is 14.9. The number of aromatic nitrogens is 1. The Morgan fingerprint density at radius 3 is 2.41 bits per heavy atom. The number of anilines is 2. The standard InChI is InChI=1S/C31H23Cl2N3O3S2/c1-39-23-9-5-8-20(16-23)29(37)34-22-11-13-24(14-12-22)41-28(19-6-3-2-4-7-19)30(38)36-31-35-27(18-40-31)25-15-10-21(32)17-26(25)33/h2-18,28H,1H3,(H,34,37)(H,35,36,38). The van der Waals surface area contributed by atoms with Crippen LogP contribution >= 0.6 is 46.3 Å². The van der Waals surface area contributed by atoms with Crippen molar-refractivity contribution in [1.29, 1.82) is 0 Å². The molecule has 206 valence electrons. The number of amides is 2. The van der Waals surface area contributed by atoms with E-state index in [-0.39, 0.29) is 11.8 Å². The number of thiazole rings is 1. The first-order valence-electron chi connectivity index (χ1n) is 12.4. The lowest BCUT2D eigenvalue weighted by Crippen LogP contribution is -2.19. The molecule has 0 radical (unpaired) electrons. The van der Waals surface area contributed by atoms with E-state index in [4.69, 9.17) is 27.9 Å². The molecule has 1 atom stereocenters. The van der Waals surface area contributed by atoms with Crippen molar-refractivity contribution in [3.05, 3.63) is 124 Å². The van der Waals surface area contributed by atoms with Crippen molar-refractivity contribution in [3.8, 4) is 17.0 Å². The van der Waals surface area contributed by atoms with E-state index in [0.717, 1.165) is 16.0 Å². The number of nitrogens with one attached hydrogen (secondary N) is 2. The average Bonchev–Trinajstić information content (AvgIpc) is 3.45. The molecule has 5 aromatic rings.